The molecule has 0 spiro atoms. The molecule has 1 aliphatic carbocycles. The average Bonchev–Trinajstić information content (AvgIpc) is 3.39. The molecule has 0 bridgehead atoms. The summed E-state index contributed by atoms with van der Waals surface area (Å²) >= 11 is 9.53. The van der Waals surface area contributed by atoms with Crippen LogP contribution in [0.25, 0.3) is 0 Å². The van der Waals surface area contributed by atoms with E-state index in [-0.39, 0.29) is 17.9 Å². The van der Waals surface area contributed by atoms with Crippen molar-refractivity contribution in [3.63, 3.8) is 0 Å². The maximum absolute atomic E-state index is 12.2. The third-order valence-corrected chi connectivity index (χ3v) is 4.76. The van der Waals surface area contributed by atoms with E-state index in [1.165, 1.54) is 0 Å². The van der Waals surface area contributed by atoms with E-state index in [1.807, 2.05) is 24.3 Å². The zero-order valence-corrected chi connectivity index (χ0v) is 15.9. The van der Waals surface area contributed by atoms with Gasteiger partial charge >= 0.3 is 0 Å². The van der Waals surface area contributed by atoms with Gasteiger partial charge in [-0.15, -0.1) is 0 Å². The second kappa shape index (κ2) is 8.02. The van der Waals surface area contributed by atoms with Gasteiger partial charge in [0.2, 0.25) is 5.91 Å². The predicted octanol–water partition coefficient (Wildman–Crippen LogP) is 4.57. The van der Waals surface area contributed by atoms with Crippen molar-refractivity contribution in [2.24, 2.45) is 0 Å². The lowest BCUT2D eigenvalue weighted by atomic mass is 10.1. The van der Waals surface area contributed by atoms with Crippen molar-refractivity contribution < 1.29 is 9.59 Å². The molecule has 6 heteroatoms. The summed E-state index contributed by atoms with van der Waals surface area (Å²) in [6.07, 6.45) is 3.03. The first-order chi connectivity index (χ1) is 12.0. The number of hydrogen-bond acceptors (Lipinski definition) is 2. The molecule has 0 heterocycles. The molecule has 2 aromatic rings. The average molecular weight is 422 g/mol. The van der Waals surface area contributed by atoms with Crippen LogP contribution in [0.1, 0.15) is 35.2 Å². The number of carbonyl (C=O) groups is 2. The Labute approximate surface area is 160 Å². The molecule has 130 valence electrons. The van der Waals surface area contributed by atoms with Crippen LogP contribution in [0.15, 0.2) is 46.9 Å². The summed E-state index contributed by atoms with van der Waals surface area (Å²) in [5.74, 6) is -0.298. The first kappa shape index (κ1) is 18.0. The zero-order valence-electron chi connectivity index (χ0n) is 13.5. The molecule has 2 amide bonds. The Kier molecular flexibility index (Phi) is 5.76. The van der Waals surface area contributed by atoms with Crippen LogP contribution in [0.3, 0.4) is 0 Å². The molecule has 2 aromatic carbocycles. The van der Waals surface area contributed by atoms with Crippen LogP contribution < -0.4 is 10.6 Å². The van der Waals surface area contributed by atoms with E-state index in [2.05, 4.69) is 26.6 Å². The molecule has 0 aliphatic heterocycles. The van der Waals surface area contributed by atoms with Gasteiger partial charge in [-0.25, -0.2) is 0 Å². The molecule has 2 N–H and O–H groups in total. The van der Waals surface area contributed by atoms with E-state index in [4.69, 9.17) is 11.6 Å². The summed E-state index contributed by atoms with van der Waals surface area (Å²) in [7, 11) is 0. The van der Waals surface area contributed by atoms with Gasteiger partial charge in [0.25, 0.3) is 5.91 Å². The maximum Gasteiger partial charge on any atom is 0.253 e. The fraction of sp³-hybridized carbons (Fsp3) is 0.263. The van der Waals surface area contributed by atoms with Crippen molar-refractivity contribution >= 4 is 45.0 Å². The molecule has 25 heavy (non-hydrogen) atoms. The molecule has 3 rings (SSSR count). The van der Waals surface area contributed by atoms with E-state index < -0.39 is 0 Å². The highest BCUT2D eigenvalue weighted by atomic mass is 79.9. The molecule has 4 nitrogen and oxygen atoms in total. The number of hydrogen-bond donors (Lipinski definition) is 2. The molecule has 0 unspecified atom stereocenters. The van der Waals surface area contributed by atoms with Gasteiger partial charge in [-0.1, -0.05) is 39.7 Å². The van der Waals surface area contributed by atoms with Crippen molar-refractivity contribution in [1.82, 2.24) is 5.32 Å². The third-order valence-electron chi connectivity index (χ3n) is 3.94. The van der Waals surface area contributed by atoms with Gasteiger partial charge in [0.05, 0.1) is 10.6 Å². The van der Waals surface area contributed by atoms with Crippen LogP contribution in [0.4, 0.5) is 5.69 Å². The van der Waals surface area contributed by atoms with Crippen LogP contribution >= 0.6 is 27.5 Å². The Morgan fingerprint density at radius 1 is 1.16 bits per heavy atom. The SMILES string of the molecule is O=C(CCc1cccc(Br)c1)Nc1ccc(Cl)c(C(=O)NC2CC2)c1. The normalized spacial score (nSPS) is 13.4. The van der Waals surface area contributed by atoms with Gasteiger partial charge in [-0.05, 0) is 55.2 Å². The first-order valence-corrected chi connectivity index (χ1v) is 9.33. The number of amides is 2. The molecule has 0 saturated heterocycles. The van der Waals surface area contributed by atoms with Crippen LogP contribution in [0, 0.1) is 0 Å². The molecule has 1 aliphatic rings. The number of rotatable bonds is 6. The van der Waals surface area contributed by atoms with Gasteiger partial charge in [0, 0.05) is 22.6 Å². The fourth-order valence-corrected chi connectivity index (χ4v) is 3.09. The predicted molar refractivity (Wildman–Crippen MR) is 103 cm³/mol. The molecule has 1 fully saturated rings. The third kappa shape index (κ3) is 5.31. The van der Waals surface area contributed by atoms with Gasteiger partial charge in [0.15, 0.2) is 0 Å². The highest BCUT2D eigenvalue weighted by Crippen LogP contribution is 2.24. The minimum absolute atomic E-state index is 0.101. The van der Waals surface area contributed by atoms with Crippen molar-refractivity contribution in [3.8, 4) is 0 Å². The summed E-state index contributed by atoms with van der Waals surface area (Å²) in [6, 6.07) is 13.1. The Hall–Kier alpha value is -1.85. The minimum atomic E-state index is -0.197. The number of anilines is 1. The minimum Gasteiger partial charge on any atom is -0.349 e. The smallest absolute Gasteiger partial charge is 0.253 e. The summed E-state index contributed by atoms with van der Waals surface area (Å²) in [5, 5.41) is 6.11. The Morgan fingerprint density at radius 2 is 1.96 bits per heavy atom. The second-order valence-corrected chi connectivity index (χ2v) is 7.44. The Morgan fingerprint density at radius 3 is 2.68 bits per heavy atom. The van der Waals surface area contributed by atoms with E-state index in [1.54, 1.807) is 18.2 Å². The van der Waals surface area contributed by atoms with Crippen LogP contribution in [0.2, 0.25) is 5.02 Å². The number of benzene rings is 2. The quantitative estimate of drug-likeness (QED) is 0.718. The van der Waals surface area contributed by atoms with Crippen molar-refractivity contribution in [1.29, 1.82) is 0 Å². The van der Waals surface area contributed by atoms with E-state index in [0.717, 1.165) is 22.9 Å². The molecular weight excluding hydrogens is 404 g/mol. The number of carbonyl (C=O) groups excluding carboxylic acids is 2. The van der Waals surface area contributed by atoms with Crippen LogP contribution in [0.5, 0.6) is 0 Å². The summed E-state index contributed by atoms with van der Waals surface area (Å²) in [5.41, 5.74) is 2.05. The van der Waals surface area contributed by atoms with Crippen molar-refractivity contribution in [2.75, 3.05) is 5.32 Å². The van der Waals surface area contributed by atoms with Gasteiger partial charge in [0.1, 0.15) is 0 Å². The lowest BCUT2D eigenvalue weighted by Gasteiger charge is -2.10. The van der Waals surface area contributed by atoms with Crippen molar-refractivity contribution in [2.45, 2.75) is 31.7 Å². The summed E-state index contributed by atoms with van der Waals surface area (Å²) < 4.78 is 0.995. The highest BCUT2D eigenvalue weighted by molar-refractivity contribution is 9.10. The molecule has 0 aromatic heterocycles. The molecule has 0 atom stereocenters. The number of halogens is 2. The summed E-state index contributed by atoms with van der Waals surface area (Å²) in [4.78, 5) is 24.4. The highest BCUT2D eigenvalue weighted by Gasteiger charge is 2.24. The lowest BCUT2D eigenvalue weighted by molar-refractivity contribution is -0.116. The molecule has 0 radical (unpaired) electrons. The topological polar surface area (TPSA) is 58.2 Å². The van der Waals surface area contributed by atoms with Gasteiger partial charge in [-0.3, -0.25) is 9.59 Å². The molecular formula is C19H18BrClN2O2. The largest absolute Gasteiger partial charge is 0.349 e. The fourth-order valence-electron chi connectivity index (χ4n) is 2.44. The zero-order chi connectivity index (χ0) is 17.8. The van der Waals surface area contributed by atoms with Gasteiger partial charge < -0.3 is 10.6 Å². The monoisotopic (exact) mass is 420 g/mol. The maximum atomic E-state index is 12.2. The van der Waals surface area contributed by atoms with E-state index >= 15 is 0 Å². The standard InChI is InChI=1S/C19H18BrClN2O2/c20-13-3-1-2-12(10-13)4-9-18(24)22-15-7-8-17(21)16(11-15)19(25)23-14-5-6-14/h1-3,7-8,10-11,14H,4-6,9H2,(H,22,24)(H,23,25). The van der Waals surface area contributed by atoms with E-state index in [9.17, 15) is 9.59 Å². The Bertz CT molecular complexity index is 806. The van der Waals surface area contributed by atoms with E-state index in [0.29, 0.717) is 29.1 Å². The summed E-state index contributed by atoms with van der Waals surface area (Å²) in [6.45, 7) is 0. The van der Waals surface area contributed by atoms with Crippen molar-refractivity contribution in [3.05, 3.63) is 63.1 Å². The Balaban J connectivity index is 1.59. The van der Waals surface area contributed by atoms with Gasteiger partial charge in [-0.2, -0.15) is 0 Å². The molecule has 1 saturated carbocycles. The number of nitrogens with one attached hydrogen (secondary N) is 2. The number of aryl methyl sites for hydroxylation is 1. The second-order valence-electron chi connectivity index (χ2n) is 6.12. The first-order valence-electron chi connectivity index (χ1n) is 8.16. The van der Waals surface area contributed by atoms with Crippen LogP contribution in [-0.2, 0) is 11.2 Å². The van der Waals surface area contributed by atoms with Crippen LogP contribution in [-0.4, -0.2) is 17.9 Å². The lowest BCUT2D eigenvalue weighted by Crippen LogP contribution is -2.25.